The molecule has 0 bridgehead atoms. The van der Waals surface area contributed by atoms with E-state index in [1.165, 1.54) is 41.5 Å². The SMILES string of the molecule is CC[C@H]1CC[C@H]2c3c(c(C)c4nc(-c5ccccc5OC)oc4c31)[C@H](C=C(C)C)C[C@@H]2C. The fourth-order valence-corrected chi connectivity index (χ4v) is 6.46. The van der Waals surface area contributed by atoms with Crippen LogP contribution in [0.4, 0.5) is 0 Å². The topological polar surface area (TPSA) is 35.3 Å². The number of hydrogen-bond acceptors (Lipinski definition) is 3. The highest BCUT2D eigenvalue weighted by atomic mass is 16.5. The van der Waals surface area contributed by atoms with Crippen LogP contribution in [0.15, 0.2) is 40.3 Å². The largest absolute Gasteiger partial charge is 0.496 e. The second kappa shape index (κ2) is 8.10. The molecule has 4 atom stereocenters. The van der Waals surface area contributed by atoms with E-state index in [4.69, 9.17) is 14.1 Å². The zero-order valence-corrected chi connectivity index (χ0v) is 20.3. The van der Waals surface area contributed by atoms with Gasteiger partial charge in [-0.2, -0.15) is 0 Å². The zero-order valence-electron chi connectivity index (χ0n) is 20.3. The van der Waals surface area contributed by atoms with Crippen LogP contribution in [0.3, 0.4) is 0 Å². The highest BCUT2D eigenvalue weighted by Gasteiger charge is 2.41. The molecule has 5 rings (SSSR count). The van der Waals surface area contributed by atoms with Crippen LogP contribution in [-0.4, -0.2) is 12.1 Å². The molecule has 0 aliphatic heterocycles. The average Bonchev–Trinajstić information content (AvgIpc) is 3.23. The Kier molecular flexibility index (Phi) is 5.39. The lowest BCUT2D eigenvalue weighted by Gasteiger charge is -2.43. The van der Waals surface area contributed by atoms with E-state index in [-0.39, 0.29) is 0 Å². The Morgan fingerprint density at radius 1 is 1.16 bits per heavy atom. The molecule has 0 saturated heterocycles. The number of aromatic nitrogens is 1. The van der Waals surface area contributed by atoms with E-state index in [2.05, 4.69) is 40.7 Å². The molecule has 2 aromatic carbocycles. The van der Waals surface area contributed by atoms with E-state index in [1.54, 1.807) is 12.7 Å². The lowest BCUT2D eigenvalue weighted by molar-refractivity contribution is 0.326. The number of benzene rings is 2. The summed E-state index contributed by atoms with van der Waals surface area (Å²) in [5, 5.41) is 0. The molecule has 32 heavy (non-hydrogen) atoms. The molecule has 2 aliphatic rings. The summed E-state index contributed by atoms with van der Waals surface area (Å²) in [6.07, 6.45) is 7.39. The van der Waals surface area contributed by atoms with Gasteiger partial charge in [-0.25, -0.2) is 4.98 Å². The quantitative estimate of drug-likeness (QED) is 0.391. The summed E-state index contributed by atoms with van der Waals surface area (Å²) in [7, 11) is 1.71. The van der Waals surface area contributed by atoms with Crippen molar-refractivity contribution < 1.29 is 9.15 Å². The van der Waals surface area contributed by atoms with Crippen molar-refractivity contribution in [3.63, 3.8) is 0 Å². The molecule has 3 aromatic rings. The van der Waals surface area contributed by atoms with Crippen molar-refractivity contribution in [1.82, 2.24) is 4.98 Å². The maximum Gasteiger partial charge on any atom is 0.231 e. The van der Waals surface area contributed by atoms with E-state index in [9.17, 15) is 0 Å². The minimum atomic E-state index is 0.464. The number of hydrogen-bond donors (Lipinski definition) is 0. The molecular formula is C29H35NO2. The van der Waals surface area contributed by atoms with Gasteiger partial charge in [-0.1, -0.05) is 37.6 Å². The molecule has 2 aliphatic carbocycles. The Morgan fingerprint density at radius 2 is 1.94 bits per heavy atom. The van der Waals surface area contributed by atoms with E-state index < -0.39 is 0 Å². The van der Waals surface area contributed by atoms with Crippen LogP contribution in [0.25, 0.3) is 22.6 Å². The van der Waals surface area contributed by atoms with Crippen LogP contribution in [0.2, 0.25) is 0 Å². The second-order valence-electron chi connectivity index (χ2n) is 10.1. The number of fused-ring (bicyclic) bond motifs is 2. The van der Waals surface area contributed by atoms with Crippen molar-refractivity contribution in [2.45, 2.75) is 78.1 Å². The number of aryl methyl sites for hydroxylation is 1. The molecule has 0 radical (unpaired) electrons. The maximum absolute atomic E-state index is 6.62. The first-order valence-electron chi connectivity index (χ1n) is 12.2. The number of rotatable bonds is 4. The monoisotopic (exact) mass is 429 g/mol. The molecule has 0 N–H and O–H groups in total. The number of methoxy groups -OCH3 is 1. The maximum atomic E-state index is 6.62. The number of oxazole rings is 1. The van der Waals surface area contributed by atoms with Gasteiger partial charge in [0.15, 0.2) is 5.58 Å². The molecule has 0 unspecified atom stereocenters. The zero-order chi connectivity index (χ0) is 22.6. The molecule has 3 heteroatoms. The van der Waals surface area contributed by atoms with Gasteiger partial charge >= 0.3 is 0 Å². The number of nitrogens with zero attached hydrogens (tertiary/aromatic N) is 1. The van der Waals surface area contributed by atoms with Crippen LogP contribution in [-0.2, 0) is 0 Å². The van der Waals surface area contributed by atoms with E-state index >= 15 is 0 Å². The van der Waals surface area contributed by atoms with Crippen LogP contribution in [0.1, 0.15) is 93.4 Å². The minimum absolute atomic E-state index is 0.464. The molecule has 0 saturated carbocycles. The van der Waals surface area contributed by atoms with Crippen LogP contribution in [0, 0.1) is 12.8 Å². The summed E-state index contributed by atoms with van der Waals surface area (Å²) < 4.78 is 12.2. The highest BCUT2D eigenvalue weighted by molar-refractivity contribution is 5.87. The van der Waals surface area contributed by atoms with Gasteiger partial charge in [-0.3, -0.25) is 0 Å². The summed E-state index contributed by atoms with van der Waals surface area (Å²) in [5.41, 5.74) is 10.3. The van der Waals surface area contributed by atoms with Gasteiger partial charge in [-0.15, -0.1) is 0 Å². The van der Waals surface area contributed by atoms with Crippen LogP contribution < -0.4 is 4.74 Å². The molecule has 0 spiro atoms. The van der Waals surface area contributed by atoms with Gasteiger partial charge in [0.2, 0.25) is 5.89 Å². The Balaban J connectivity index is 1.84. The standard InChI is InChI=1S/C29H35NO2/c1-7-19-12-13-21-17(4)15-20(14-16(2)3)24-18(5)27-28(25(19)26(21)24)32-29(30-27)22-10-8-9-11-23(22)31-6/h8-11,14,17,19-21H,7,12-13,15H2,1-6H3/t17-,19-,20+,21+/m0/s1. The normalized spacial score (nSPS) is 24.3. The summed E-state index contributed by atoms with van der Waals surface area (Å²) in [6, 6.07) is 8.02. The predicted octanol–water partition coefficient (Wildman–Crippen LogP) is 8.27. The molecule has 1 heterocycles. The van der Waals surface area contributed by atoms with Gasteiger partial charge in [0.25, 0.3) is 0 Å². The van der Waals surface area contributed by atoms with Gasteiger partial charge in [-0.05, 0) is 93.0 Å². The van der Waals surface area contributed by atoms with E-state index in [0.717, 1.165) is 28.8 Å². The molecule has 0 amide bonds. The average molecular weight is 430 g/mol. The molecule has 0 fully saturated rings. The van der Waals surface area contributed by atoms with Gasteiger partial charge in [0.05, 0.1) is 12.7 Å². The highest BCUT2D eigenvalue weighted by Crippen LogP contribution is 2.56. The predicted molar refractivity (Wildman–Crippen MR) is 132 cm³/mol. The van der Waals surface area contributed by atoms with Crippen molar-refractivity contribution in [2.24, 2.45) is 5.92 Å². The van der Waals surface area contributed by atoms with Crippen molar-refractivity contribution in [2.75, 3.05) is 7.11 Å². The van der Waals surface area contributed by atoms with Gasteiger partial charge < -0.3 is 9.15 Å². The van der Waals surface area contributed by atoms with Gasteiger partial charge in [0.1, 0.15) is 11.3 Å². The first-order valence-corrected chi connectivity index (χ1v) is 12.2. The summed E-state index contributed by atoms with van der Waals surface area (Å²) in [4.78, 5) is 5.09. The summed E-state index contributed by atoms with van der Waals surface area (Å²) >= 11 is 0. The Bertz CT molecular complexity index is 1200. The third-order valence-corrected chi connectivity index (χ3v) is 7.86. The van der Waals surface area contributed by atoms with Crippen LogP contribution >= 0.6 is 0 Å². The van der Waals surface area contributed by atoms with Crippen molar-refractivity contribution in [1.29, 1.82) is 0 Å². The minimum Gasteiger partial charge on any atom is -0.496 e. The number of allylic oxidation sites excluding steroid dienone is 2. The number of para-hydroxylation sites is 1. The third kappa shape index (κ3) is 3.20. The number of ether oxygens (including phenoxy) is 1. The Labute approximate surface area is 191 Å². The summed E-state index contributed by atoms with van der Waals surface area (Å²) in [5.74, 6) is 3.80. The van der Waals surface area contributed by atoms with E-state index in [1.807, 2.05) is 24.3 Å². The Morgan fingerprint density at radius 3 is 2.66 bits per heavy atom. The van der Waals surface area contributed by atoms with Crippen molar-refractivity contribution in [3.05, 3.63) is 58.2 Å². The molecule has 3 nitrogen and oxygen atoms in total. The summed E-state index contributed by atoms with van der Waals surface area (Å²) in [6.45, 7) is 11.5. The lowest BCUT2D eigenvalue weighted by atomic mass is 9.61. The lowest BCUT2D eigenvalue weighted by Crippen LogP contribution is -2.28. The second-order valence-corrected chi connectivity index (χ2v) is 10.1. The fourth-order valence-electron chi connectivity index (χ4n) is 6.46. The first kappa shape index (κ1) is 21.3. The van der Waals surface area contributed by atoms with Crippen molar-refractivity contribution >= 4 is 11.1 Å². The molecule has 1 aromatic heterocycles. The first-order chi connectivity index (χ1) is 15.4. The van der Waals surface area contributed by atoms with E-state index in [0.29, 0.717) is 29.6 Å². The van der Waals surface area contributed by atoms with Crippen molar-refractivity contribution in [3.8, 4) is 17.2 Å². The molecule has 168 valence electrons. The smallest absolute Gasteiger partial charge is 0.231 e. The third-order valence-electron chi connectivity index (χ3n) is 7.86. The molecular weight excluding hydrogens is 394 g/mol. The van der Waals surface area contributed by atoms with Crippen LogP contribution in [0.5, 0.6) is 5.75 Å². The fraction of sp³-hybridized carbons (Fsp3) is 0.483. The van der Waals surface area contributed by atoms with Gasteiger partial charge in [0, 0.05) is 11.5 Å². The Hall–Kier alpha value is -2.55.